The van der Waals surface area contributed by atoms with Crippen LogP contribution in [0.3, 0.4) is 0 Å². The van der Waals surface area contributed by atoms with Gasteiger partial charge in [0.1, 0.15) is 0 Å². The molecule has 29 heavy (non-hydrogen) atoms. The quantitative estimate of drug-likeness (QED) is 0.637. The third-order valence-corrected chi connectivity index (χ3v) is 5.82. The van der Waals surface area contributed by atoms with Gasteiger partial charge in [-0.15, -0.1) is 0 Å². The van der Waals surface area contributed by atoms with Crippen molar-refractivity contribution in [3.8, 4) is 11.3 Å². The van der Waals surface area contributed by atoms with Gasteiger partial charge in [-0.2, -0.15) is 0 Å². The Bertz CT molecular complexity index is 1080. The minimum absolute atomic E-state index is 0.0553. The first-order valence-electron chi connectivity index (χ1n) is 9.95. The Hall–Kier alpha value is -3.21. The molecule has 3 aromatic rings. The number of anilines is 1. The topological polar surface area (TPSA) is 51.0 Å². The Labute approximate surface area is 171 Å². The number of rotatable bonds is 4. The van der Waals surface area contributed by atoms with Gasteiger partial charge in [0.05, 0.1) is 5.69 Å². The molecule has 0 atom stereocenters. The average molecular weight is 386 g/mol. The standard InChI is InChI=1S/C24H26N4O/c1-24(2,19-8-5-4-6-9-19)20-10-7-15-28(17-20)23-26-21(16-22(29)27(23)3)18-11-13-25-14-12-18/h4-6,8-14,16H,7,15,17H2,1-3H3. The van der Waals surface area contributed by atoms with E-state index in [9.17, 15) is 4.79 Å². The van der Waals surface area contributed by atoms with E-state index in [1.165, 1.54) is 11.1 Å². The minimum Gasteiger partial charge on any atom is -0.338 e. The zero-order valence-electron chi connectivity index (χ0n) is 17.2. The van der Waals surface area contributed by atoms with Gasteiger partial charge in [0.25, 0.3) is 5.56 Å². The van der Waals surface area contributed by atoms with Gasteiger partial charge in [0.2, 0.25) is 5.95 Å². The fraction of sp³-hybridized carbons (Fsp3) is 0.292. The second-order valence-electron chi connectivity index (χ2n) is 8.01. The van der Waals surface area contributed by atoms with Crippen LogP contribution in [0.5, 0.6) is 0 Å². The lowest BCUT2D eigenvalue weighted by Crippen LogP contribution is -2.39. The lowest BCUT2D eigenvalue weighted by Gasteiger charge is -2.37. The minimum atomic E-state index is -0.0818. The fourth-order valence-corrected chi connectivity index (χ4v) is 3.89. The molecule has 148 valence electrons. The van der Waals surface area contributed by atoms with E-state index in [0.29, 0.717) is 11.6 Å². The molecule has 0 saturated heterocycles. The molecule has 5 heteroatoms. The molecule has 0 bridgehead atoms. The highest BCUT2D eigenvalue weighted by molar-refractivity contribution is 5.60. The van der Waals surface area contributed by atoms with Crippen LogP contribution in [0.4, 0.5) is 5.95 Å². The number of pyridine rings is 1. The molecular formula is C24H26N4O. The van der Waals surface area contributed by atoms with Crippen LogP contribution < -0.4 is 10.5 Å². The summed E-state index contributed by atoms with van der Waals surface area (Å²) in [6.07, 6.45) is 6.71. The Morgan fingerprint density at radius 3 is 2.48 bits per heavy atom. The van der Waals surface area contributed by atoms with Crippen molar-refractivity contribution < 1.29 is 0 Å². The summed E-state index contributed by atoms with van der Waals surface area (Å²) in [5.41, 5.74) is 4.08. The Kier molecular flexibility index (Phi) is 5.05. The van der Waals surface area contributed by atoms with E-state index in [0.717, 1.165) is 25.1 Å². The maximum absolute atomic E-state index is 12.6. The summed E-state index contributed by atoms with van der Waals surface area (Å²) >= 11 is 0. The first-order valence-corrected chi connectivity index (χ1v) is 9.95. The third-order valence-electron chi connectivity index (χ3n) is 5.82. The second-order valence-corrected chi connectivity index (χ2v) is 8.01. The predicted molar refractivity (Wildman–Crippen MR) is 117 cm³/mol. The molecular weight excluding hydrogens is 360 g/mol. The van der Waals surface area contributed by atoms with Crippen LogP contribution in [0.25, 0.3) is 11.3 Å². The summed E-state index contributed by atoms with van der Waals surface area (Å²) in [5.74, 6) is 0.707. The maximum atomic E-state index is 12.6. The van der Waals surface area contributed by atoms with E-state index in [1.54, 1.807) is 30.1 Å². The number of nitrogens with zero attached hydrogens (tertiary/aromatic N) is 4. The lowest BCUT2D eigenvalue weighted by atomic mass is 9.76. The molecule has 0 aliphatic carbocycles. The summed E-state index contributed by atoms with van der Waals surface area (Å²) in [4.78, 5) is 23.8. The molecule has 0 radical (unpaired) electrons. The Morgan fingerprint density at radius 2 is 1.76 bits per heavy atom. The van der Waals surface area contributed by atoms with Gasteiger partial charge < -0.3 is 4.90 Å². The molecule has 1 aliphatic heterocycles. The number of hydrogen-bond donors (Lipinski definition) is 0. The molecule has 0 spiro atoms. The first-order chi connectivity index (χ1) is 14.0. The van der Waals surface area contributed by atoms with Gasteiger partial charge in [0.15, 0.2) is 0 Å². The average Bonchev–Trinajstić information content (AvgIpc) is 2.77. The van der Waals surface area contributed by atoms with Crippen molar-refractivity contribution in [3.63, 3.8) is 0 Å². The van der Waals surface area contributed by atoms with Crippen LogP contribution in [-0.2, 0) is 12.5 Å². The SMILES string of the molecule is Cn1c(N2CCC=C(C(C)(C)c3ccccc3)C2)nc(-c2ccncc2)cc1=O. The number of aromatic nitrogens is 3. The molecule has 0 fully saturated rings. The van der Waals surface area contributed by atoms with Crippen molar-refractivity contribution in [2.45, 2.75) is 25.7 Å². The Balaban J connectivity index is 1.69. The summed E-state index contributed by atoms with van der Waals surface area (Å²) in [6, 6.07) is 15.9. The zero-order valence-corrected chi connectivity index (χ0v) is 17.2. The van der Waals surface area contributed by atoms with Gasteiger partial charge in [0, 0.05) is 49.6 Å². The van der Waals surface area contributed by atoms with Crippen molar-refractivity contribution >= 4 is 5.95 Å². The normalized spacial score (nSPS) is 14.6. The van der Waals surface area contributed by atoms with E-state index in [4.69, 9.17) is 4.98 Å². The van der Waals surface area contributed by atoms with Crippen LogP contribution in [0.2, 0.25) is 0 Å². The van der Waals surface area contributed by atoms with Crippen LogP contribution in [0.15, 0.2) is 77.4 Å². The molecule has 0 saturated carbocycles. The highest BCUT2D eigenvalue weighted by atomic mass is 16.1. The van der Waals surface area contributed by atoms with Gasteiger partial charge in [-0.3, -0.25) is 14.3 Å². The summed E-state index contributed by atoms with van der Waals surface area (Å²) in [5, 5.41) is 0. The maximum Gasteiger partial charge on any atom is 0.255 e. The van der Waals surface area contributed by atoms with Crippen molar-refractivity contribution in [2.75, 3.05) is 18.0 Å². The van der Waals surface area contributed by atoms with Gasteiger partial charge in [-0.1, -0.05) is 50.3 Å². The first kappa shape index (κ1) is 19.1. The van der Waals surface area contributed by atoms with Crippen molar-refractivity contribution in [3.05, 3.63) is 88.5 Å². The highest BCUT2D eigenvalue weighted by Gasteiger charge is 2.29. The third kappa shape index (κ3) is 3.73. The van der Waals surface area contributed by atoms with Crippen molar-refractivity contribution in [1.29, 1.82) is 0 Å². The molecule has 4 rings (SSSR count). The zero-order chi connectivity index (χ0) is 20.4. The number of benzene rings is 1. The fourth-order valence-electron chi connectivity index (χ4n) is 3.89. The van der Waals surface area contributed by atoms with Gasteiger partial charge >= 0.3 is 0 Å². The molecule has 2 aromatic heterocycles. The molecule has 0 N–H and O–H groups in total. The van der Waals surface area contributed by atoms with E-state index < -0.39 is 0 Å². The van der Waals surface area contributed by atoms with Crippen molar-refractivity contribution in [2.24, 2.45) is 7.05 Å². The monoisotopic (exact) mass is 386 g/mol. The predicted octanol–water partition coefficient (Wildman–Crippen LogP) is 3.96. The largest absolute Gasteiger partial charge is 0.338 e. The van der Waals surface area contributed by atoms with Crippen LogP contribution in [-0.4, -0.2) is 27.6 Å². The number of hydrogen-bond acceptors (Lipinski definition) is 4. The van der Waals surface area contributed by atoms with Crippen LogP contribution >= 0.6 is 0 Å². The van der Waals surface area contributed by atoms with E-state index >= 15 is 0 Å². The van der Waals surface area contributed by atoms with E-state index in [-0.39, 0.29) is 11.0 Å². The molecule has 0 unspecified atom stereocenters. The highest BCUT2D eigenvalue weighted by Crippen LogP contribution is 2.34. The second kappa shape index (κ2) is 7.66. The van der Waals surface area contributed by atoms with Crippen LogP contribution in [0, 0.1) is 0 Å². The molecule has 0 amide bonds. The molecule has 1 aromatic carbocycles. The van der Waals surface area contributed by atoms with Gasteiger partial charge in [-0.25, -0.2) is 4.98 Å². The van der Waals surface area contributed by atoms with E-state index in [2.05, 4.69) is 54.1 Å². The van der Waals surface area contributed by atoms with E-state index in [1.807, 2.05) is 18.2 Å². The van der Waals surface area contributed by atoms with Crippen LogP contribution in [0.1, 0.15) is 25.8 Å². The lowest BCUT2D eigenvalue weighted by molar-refractivity contribution is 0.572. The smallest absolute Gasteiger partial charge is 0.255 e. The molecule has 5 nitrogen and oxygen atoms in total. The molecule has 3 heterocycles. The summed E-state index contributed by atoms with van der Waals surface area (Å²) < 4.78 is 1.64. The summed E-state index contributed by atoms with van der Waals surface area (Å²) in [6.45, 7) is 6.12. The summed E-state index contributed by atoms with van der Waals surface area (Å²) in [7, 11) is 1.79. The van der Waals surface area contributed by atoms with Crippen molar-refractivity contribution in [1.82, 2.24) is 14.5 Å². The van der Waals surface area contributed by atoms with Gasteiger partial charge in [-0.05, 0) is 29.7 Å². The molecule has 1 aliphatic rings. The Morgan fingerprint density at radius 1 is 1.03 bits per heavy atom.